The number of nitrogens with zero attached hydrogens (tertiary/aromatic N) is 2. The van der Waals surface area contributed by atoms with Gasteiger partial charge in [-0.15, -0.1) is 0 Å². The van der Waals surface area contributed by atoms with Crippen LogP contribution in [0.2, 0.25) is 0 Å². The second-order valence-corrected chi connectivity index (χ2v) is 5.66. The molecule has 1 rings (SSSR count). The van der Waals surface area contributed by atoms with Crippen LogP contribution in [0.3, 0.4) is 0 Å². The Morgan fingerprint density at radius 3 is 2.64 bits per heavy atom. The van der Waals surface area contributed by atoms with Crippen molar-refractivity contribution in [1.82, 2.24) is 4.98 Å². The van der Waals surface area contributed by atoms with Crippen LogP contribution in [-0.4, -0.2) is 20.7 Å². The first-order valence-electron chi connectivity index (χ1n) is 4.43. The highest BCUT2D eigenvalue weighted by Gasteiger charge is 2.03. The summed E-state index contributed by atoms with van der Waals surface area (Å²) >= 11 is 0. The number of aromatic nitrogens is 1. The Labute approximate surface area is 83.6 Å². The highest BCUT2D eigenvalue weighted by Crippen LogP contribution is 2.14. The first-order valence-corrected chi connectivity index (χ1v) is 6.29. The van der Waals surface area contributed by atoms with E-state index in [4.69, 9.17) is 0 Å². The van der Waals surface area contributed by atoms with Crippen molar-refractivity contribution in [3.63, 3.8) is 0 Å². The van der Waals surface area contributed by atoms with E-state index in [0.29, 0.717) is 17.2 Å². The molecule has 0 aliphatic carbocycles. The predicted octanol–water partition coefficient (Wildman–Crippen LogP) is 2.36. The molecule has 0 saturated carbocycles. The van der Waals surface area contributed by atoms with Gasteiger partial charge in [0.1, 0.15) is 0 Å². The zero-order valence-corrected chi connectivity index (χ0v) is 9.05. The zero-order valence-electron chi connectivity index (χ0n) is 8.24. The number of hydrogen-bond donors (Lipinski definition) is 0. The molecular formula is C9H13FN2OS. The van der Waals surface area contributed by atoms with Crippen LogP contribution in [0.5, 0.6) is 0 Å². The number of hydrogen-bond acceptors (Lipinski definition) is 3. The van der Waals surface area contributed by atoms with Gasteiger partial charge >= 0.3 is 0 Å². The average molecular weight is 216 g/mol. The fourth-order valence-electron chi connectivity index (χ4n) is 0.974. The SMILES string of the molecule is CCS(=O)(CC)=Nc1ccnc(F)c1. The van der Waals surface area contributed by atoms with E-state index in [0.717, 1.165) is 0 Å². The predicted molar refractivity (Wildman–Crippen MR) is 55.5 cm³/mol. The molecule has 0 aliphatic heterocycles. The smallest absolute Gasteiger partial charge is 0.214 e. The molecular weight excluding hydrogens is 203 g/mol. The molecule has 0 N–H and O–H groups in total. The highest BCUT2D eigenvalue weighted by molar-refractivity contribution is 7.93. The summed E-state index contributed by atoms with van der Waals surface area (Å²) in [5.41, 5.74) is 0.395. The molecule has 0 amide bonds. The number of rotatable bonds is 3. The third kappa shape index (κ3) is 2.77. The summed E-state index contributed by atoms with van der Waals surface area (Å²) in [6.07, 6.45) is 1.32. The summed E-state index contributed by atoms with van der Waals surface area (Å²) in [4.78, 5) is 3.40. The van der Waals surface area contributed by atoms with Gasteiger partial charge in [0, 0.05) is 23.8 Å². The van der Waals surface area contributed by atoms with E-state index in [1.807, 2.05) is 13.8 Å². The van der Waals surface area contributed by atoms with Crippen LogP contribution in [0.4, 0.5) is 10.1 Å². The molecule has 78 valence electrons. The Morgan fingerprint density at radius 1 is 1.50 bits per heavy atom. The first kappa shape index (κ1) is 11.1. The van der Waals surface area contributed by atoms with Gasteiger partial charge in [-0.2, -0.15) is 8.75 Å². The normalized spacial score (nSPS) is 11.4. The van der Waals surface area contributed by atoms with Gasteiger partial charge in [0.15, 0.2) is 0 Å². The second kappa shape index (κ2) is 4.50. The quantitative estimate of drug-likeness (QED) is 0.728. The summed E-state index contributed by atoms with van der Waals surface area (Å²) in [5, 5.41) is 0. The van der Waals surface area contributed by atoms with E-state index >= 15 is 0 Å². The van der Waals surface area contributed by atoms with Crippen LogP contribution in [0, 0.1) is 5.95 Å². The maximum absolute atomic E-state index is 12.7. The van der Waals surface area contributed by atoms with Gasteiger partial charge in [0.05, 0.1) is 15.4 Å². The summed E-state index contributed by atoms with van der Waals surface area (Å²) in [6, 6.07) is 2.74. The van der Waals surface area contributed by atoms with Crippen molar-refractivity contribution in [2.45, 2.75) is 13.8 Å². The third-order valence-electron chi connectivity index (χ3n) is 1.88. The molecule has 0 radical (unpaired) electrons. The molecule has 0 aromatic carbocycles. The van der Waals surface area contributed by atoms with Gasteiger partial charge in [-0.05, 0) is 6.07 Å². The molecule has 1 aromatic heterocycles. The van der Waals surface area contributed by atoms with Crippen LogP contribution in [0.25, 0.3) is 0 Å². The topological polar surface area (TPSA) is 42.3 Å². The number of halogens is 1. The highest BCUT2D eigenvalue weighted by atomic mass is 32.2. The molecule has 14 heavy (non-hydrogen) atoms. The van der Waals surface area contributed by atoms with Crippen LogP contribution in [0.15, 0.2) is 22.7 Å². The molecule has 1 heterocycles. The first-order chi connectivity index (χ1) is 6.59. The fourth-order valence-corrected chi connectivity index (χ4v) is 2.14. The van der Waals surface area contributed by atoms with Crippen molar-refractivity contribution in [3.05, 3.63) is 24.3 Å². The van der Waals surface area contributed by atoms with Crippen LogP contribution < -0.4 is 0 Å². The molecule has 0 atom stereocenters. The van der Waals surface area contributed by atoms with Crippen molar-refractivity contribution in [2.75, 3.05) is 11.5 Å². The molecule has 3 nitrogen and oxygen atoms in total. The third-order valence-corrected chi connectivity index (χ3v) is 4.23. The average Bonchev–Trinajstić information content (AvgIpc) is 2.18. The molecule has 0 fully saturated rings. The minimum Gasteiger partial charge on any atom is -0.249 e. The molecule has 0 saturated heterocycles. The van der Waals surface area contributed by atoms with Crippen molar-refractivity contribution >= 4 is 15.4 Å². The van der Waals surface area contributed by atoms with Gasteiger partial charge in [-0.3, -0.25) is 0 Å². The van der Waals surface area contributed by atoms with Crippen LogP contribution in [-0.2, 0) is 9.73 Å². The molecule has 5 heteroatoms. The Morgan fingerprint density at radius 2 is 2.14 bits per heavy atom. The Balaban J connectivity index is 3.14. The van der Waals surface area contributed by atoms with E-state index in [2.05, 4.69) is 9.35 Å². The Bertz CT molecular complexity index is 415. The van der Waals surface area contributed by atoms with Crippen molar-refractivity contribution in [3.8, 4) is 0 Å². The molecule has 0 spiro atoms. The summed E-state index contributed by atoms with van der Waals surface area (Å²) in [5.74, 6) is 0.362. The van der Waals surface area contributed by atoms with Gasteiger partial charge in [0.25, 0.3) is 0 Å². The Kier molecular flexibility index (Phi) is 3.57. The monoisotopic (exact) mass is 216 g/mol. The van der Waals surface area contributed by atoms with E-state index in [1.54, 1.807) is 6.07 Å². The van der Waals surface area contributed by atoms with Gasteiger partial charge in [0.2, 0.25) is 5.95 Å². The van der Waals surface area contributed by atoms with Crippen LogP contribution >= 0.6 is 0 Å². The second-order valence-electron chi connectivity index (χ2n) is 2.78. The van der Waals surface area contributed by atoms with E-state index in [9.17, 15) is 8.60 Å². The molecule has 0 unspecified atom stereocenters. The minimum absolute atomic E-state index is 0.395. The zero-order chi connectivity index (χ0) is 10.6. The molecule has 0 aliphatic rings. The van der Waals surface area contributed by atoms with E-state index < -0.39 is 15.7 Å². The van der Waals surface area contributed by atoms with Gasteiger partial charge < -0.3 is 0 Å². The lowest BCUT2D eigenvalue weighted by Gasteiger charge is -2.03. The van der Waals surface area contributed by atoms with E-state index in [-0.39, 0.29) is 0 Å². The van der Waals surface area contributed by atoms with Crippen molar-refractivity contribution < 1.29 is 8.60 Å². The maximum Gasteiger partial charge on any atom is 0.214 e. The summed E-state index contributed by atoms with van der Waals surface area (Å²) in [6.45, 7) is 3.62. The van der Waals surface area contributed by atoms with Crippen LogP contribution in [0.1, 0.15) is 13.8 Å². The fraction of sp³-hybridized carbons (Fsp3) is 0.444. The molecule has 0 bridgehead atoms. The lowest BCUT2D eigenvalue weighted by molar-refractivity contribution is 0.584. The largest absolute Gasteiger partial charge is 0.249 e. The summed E-state index contributed by atoms with van der Waals surface area (Å²) < 4.78 is 28.6. The lowest BCUT2D eigenvalue weighted by Crippen LogP contribution is -2.04. The summed E-state index contributed by atoms with van der Waals surface area (Å²) in [7, 11) is -2.20. The number of pyridine rings is 1. The minimum atomic E-state index is -2.20. The van der Waals surface area contributed by atoms with Crippen molar-refractivity contribution in [2.24, 2.45) is 4.36 Å². The van der Waals surface area contributed by atoms with Crippen molar-refractivity contribution in [1.29, 1.82) is 0 Å². The van der Waals surface area contributed by atoms with Gasteiger partial charge in [-0.25, -0.2) is 9.19 Å². The maximum atomic E-state index is 12.7. The van der Waals surface area contributed by atoms with E-state index in [1.165, 1.54) is 12.3 Å². The molecule has 1 aromatic rings. The van der Waals surface area contributed by atoms with Gasteiger partial charge in [-0.1, -0.05) is 13.8 Å². The lowest BCUT2D eigenvalue weighted by atomic mass is 10.4. The Hall–Kier alpha value is -0.970. The standard InChI is InChI=1S/C9H13FN2OS/c1-3-14(13,4-2)12-8-5-6-11-9(10)7-8/h5-7H,3-4H2,1-2H3.